The lowest BCUT2D eigenvalue weighted by Gasteiger charge is -2.31. The van der Waals surface area contributed by atoms with Gasteiger partial charge in [-0.25, -0.2) is 0 Å². The van der Waals surface area contributed by atoms with Gasteiger partial charge in [0.2, 0.25) is 53.2 Å². The van der Waals surface area contributed by atoms with E-state index in [2.05, 4.69) is 31.6 Å². The molecule has 9 amide bonds. The lowest BCUT2D eigenvalue weighted by Crippen LogP contribution is -2.60. The molecular formula is C45H67N13O9. The molecule has 1 heterocycles. The van der Waals surface area contributed by atoms with Gasteiger partial charge < -0.3 is 65.9 Å². The molecule has 1 saturated heterocycles. The predicted molar refractivity (Wildman–Crippen MR) is 248 cm³/mol. The number of hydrogen-bond donors (Lipinski definition) is 11. The van der Waals surface area contributed by atoms with Gasteiger partial charge in [-0.3, -0.25) is 48.1 Å². The second kappa shape index (κ2) is 27.4. The Bertz CT molecular complexity index is 2050. The second-order valence-corrected chi connectivity index (χ2v) is 17.0. The first-order valence-corrected chi connectivity index (χ1v) is 22.3. The highest BCUT2D eigenvalue weighted by Gasteiger charge is 2.40. The fourth-order valence-electron chi connectivity index (χ4n) is 7.49. The monoisotopic (exact) mass is 934 g/mol. The van der Waals surface area contributed by atoms with Crippen molar-refractivity contribution in [2.75, 3.05) is 13.1 Å². The Kier molecular flexibility index (Phi) is 22.2. The van der Waals surface area contributed by atoms with Crippen molar-refractivity contribution >= 4 is 59.1 Å². The van der Waals surface area contributed by atoms with Crippen LogP contribution in [0.4, 0.5) is 0 Å². The molecular weight excluding hydrogens is 867 g/mol. The molecule has 2 aromatic carbocycles. The third-order valence-electron chi connectivity index (χ3n) is 10.9. The van der Waals surface area contributed by atoms with E-state index in [1.165, 1.54) is 4.90 Å². The molecule has 0 aliphatic carbocycles. The van der Waals surface area contributed by atoms with Crippen LogP contribution < -0.4 is 61.0 Å². The Labute approximate surface area is 389 Å². The van der Waals surface area contributed by atoms with Gasteiger partial charge >= 0.3 is 0 Å². The first kappa shape index (κ1) is 54.2. The Morgan fingerprint density at radius 3 is 1.63 bits per heavy atom. The number of likely N-dealkylation sites (tertiary alicyclic amines) is 1. The summed E-state index contributed by atoms with van der Waals surface area (Å²) in [5, 5.41) is 13.2. The maximum atomic E-state index is 14.3. The van der Waals surface area contributed by atoms with Gasteiger partial charge in [0, 0.05) is 38.8 Å². The van der Waals surface area contributed by atoms with Crippen LogP contribution in [-0.2, 0) is 56.0 Å². The fourth-order valence-corrected chi connectivity index (χ4v) is 7.49. The van der Waals surface area contributed by atoms with E-state index < -0.39 is 95.5 Å². The summed E-state index contributed by atoms with van der Waals surface area (Å²) >= 11 is 0. The van der Waals surface area contributed by atoms with E-state index in [9.17, 15) is 43.2 Å². The normalized spacial score (nSPS) is 15.9. The first-order chi connectivity index (χ1) is 31.7. The minimum Gasteiger partial charge on any atom is -0.370 e. The number of hydrogen-bond acceptors (Lipinski definition) is 11. The van der Waals surface area contributed by atoms with Gasteiger partial charge in [0.15, 0.2) is 5.96 Å². The third kappa shape index (κ3) is 19.1. The SMILES string of the molecule is CC(C)C[C@H](N)C(=O)N[C@@H](Cc1ccccc1)C(=O)N[C@@H](CCC(N)=O)C(=O)N1CCC[C@@H]1C(=O)N[C@@H](CCC(N)=O)C(=O)N[C@@H](CCCN=C(N)N)C(=O)N[C@@H](Cc1ccccc1)C(N)=O. The standard InChI is InChI=1S/C45H67N13O9/c1-26(2)23-29(46)39(62)57-34(25-28-13-7-4-8-14-28)42(65)55-32(18-20-37(48)60)44(67)58-22-10-16-35(58)43(66)54-31(17-19-36(47)59)41(64)53-30(15-9-21-52-45(50)51)40(63)56-33(38(49)61)24-27-11-5-3-6-12-27/h3-8,11-14,26,29-35H,9-10,15-25,46H2,1-2H3,(H2,47,59)(H2,48,60)(H2,49,61)(H,53,64)(H,54,66)(H,55,65)(H,56,63)(H,57,62)(H4,50,51,52)/t29-,30-,31-,32-,33-,34-,35+/m0/s1. The number of benzene rings is 2. The summed E-state index contributed by atoms with van der Waals surface area (Å²) in [5.41, 5.74) is 35.0. The number of amides is 9. The number of carbonyl (C=O) groups excluding carboxylic acids is 9. The zero-order chi connectivity index (χ0) is 49.6. The molecule has 0 bridgehead atoms. The number of nitrogens with two attached hydrogens (primary N) is 6. The van der Waals surface area contributed by atoms with E-state index in [-0.39, 0.29) is 82.8 Å². The molecule has 0 radical (unpaired) electrons. The lowest BCUT2D eigenvalue weighted by molar-refractivity contribution is -0.143. The van der Waals surface area contributed by atoms with Crippen LogP contribution in [0.5, 0.6) is 0 Å². The van der Waals surface area contributed by atoms with Crippen LogP contribution >= 0.6 is 0 Å². The zero-order valence-electron chi connectivity index (χ0n) is 38.1. The average Bonchev–Trinajstić information content (AvgIpc) is 3.77. The van der Waals surface area contributed by atoms with Gasteiger partial charge in [-0.15, -0.1) is 0 Å². The molecule has 17 N–H and O–H groups in total. The highest BCUT2D eigenvalue weighted by Crippen LogP contribution is 2.21. The molecule has 22 heteroatoms. The maximum Gasteiger partial charge on any atom is 0.245 e. The van der Waals surface area contributed by atoms with E-state index in [4.69, 9.17) is 34.4 Å². The van der Waals surface area contributed by atoms with Crippen LogP contribution in [0.3, 0.4) is 0 Å². The zero-order valence-corrected chi connectivity index (χ0v) is 38.1. The molecule has 3 rings (SSSR count). The maximum absolute atomic E-state index is 14.3. The van der Waals surface area contributed by atoms with Crippen LogP contribution in [0.15, 0.2) is 65.7 Å². The fraction of sp³-hybridized carbons (Fsp3) is 0.511. The number of guanidine groups is 1. The molecule has 0 saturated carbocycles. The Morgan fingerprint density at radius 1 is 0.627 bits per heavy atom. The number of rotatable bonds is 28. The lowest BCUT2D eigenvalue weighted by atomic mass is 10.0. The van der Waals surface area contributed by atoms with Gasteiger partial charge in [0.1, 0.15) is 36.3 Å². The highest BCUT2D eigenvalue weighted by atomic mass is 16.2. The molecule has 2 aromatic rings. The van der Waals surface area contributed by atoms with Crippen LogP contribution in [0.1, 0.15) is 82.8 Å². The van der Waals surface area contributed by atoms with Crippen LogP contribution in [0, 0.1) is 5.92 Å². The molecule has 1 aliphatic rings. The summed E-state index contributed by atoms with van der Waals surface area (Å²) in [4.78, 5) is 125. The van der Waals surface area contributed by atoms with Crippen LogP contribution in [0.2, 0.25) is 0 Å². The molecule has 0 aromatic heterocycles. The van der Waals surface area contributed by atoms with E-state index in [1.54, 1.807) is 60.7 Å². The summed E-state index contributed by atoms with van der Waals surface area (Å²) in [6.07, 6.45) is -0.193. The minimum atomic E-state index is -1.46. The van der Waals surface area contributed by atoms with Gasteiger partial charge in [-0.05, 0) is 62.0 Å². The quantitative estimate of drug-likeness (QED) is 0.0237. The molecule has 1 aliphatic heterocycles. The summed E-state index contributed by atoms with van der Waals surface area (Å²) in [6, 6.07) is 8.98. The van der Waals surface area contributed by atoms with Gasteiger partial charge in [0.25, 0.3) is 0 Å². The largest absolute Gasteiger partial charge is 0.370 e. The number of aliphatic imine (C=N–C) groups is 1. The van der Waals surface area contributed by atoms with Crippen molar-refractivity contribution in [2.24, 2.45) is 45.3 Å². The van der Waals surface area contributed by atoms with E-state index >= 15 is 0 Å². The Hall–Kier alpha value is -7.10. The van der Waals surface area contributed by atoms with Crippen molar-refractivity contribution < 1.29 is 43.2 Å². The predicted octanol–water partition coefficient (Wildman–Crippen LogP) is -2.67. The van der Waals surface area contributed by atoms with Crippen molar-refractivity contribution in [3.05, 3.63) is 71.8 Å². The van der Waals surface area contributed by atoms with Crippen LogP contribution in [-0.4, -0.2) is 119 Å². The Morgan fingerprint density at radius 2 is 1.10 bits per heavy atom. The Balaban J connectivity index is 1.86. The van der Waals surface area contributed by atoms with Gasteiger partial charge in [-0.2, -0.15) is 0 Å². The van der Waals surface area contributed by atoms with E-state index in [0.717, 1.165) is 0 Å². The van der Waals surface area contributed by atoms with Crippen LogP contribution in [0.25, 0.3) is 0 Å². The van der Waals surface area contributed by atoms with Crippen molar-refractivity contribution in [2.45, 2.75) is 127 Å². The van der Waals surface area contributed by atoms with E-state index in [1.807, 2.05) is 13.8 Å². The average molecular weight is 934 g/mol. The van der Waals surface area contributed by atoms with Crippen molar-refractivity contribution in [1.29, 1.82) is 0 Å². The molecule has 366 valence electrons. The smallest absolute Gasteiger partial charge is 0.245 e. The van der Waals surface area contributed by atoms with Gasteiger partial charge in [0.05, 0.1) is 6.04 Å². The molecule has 67 heavy (non-hydrogen) atoms. The number of nitrogens with one attached hydrogen (secondary N) is 5. The van der Waals surface area contributed by atoms with Gasteiger partial charge in [-0.1, -0.05) is 74.5 Å². The second-order valence-electron chi connectivity index (χ2n) is 17.0. The molecule has 0 unspecified atom stereocenters. The van der Waals surface area contributed by atoms with Crippen molar-refractivity contribution in [1.82, 2.24) is 31.5 Å². The minimum absolute atomic E-state index is 0.0330. The van der Waals surface area contributed by atoms with Crippen molar-refractivity contribution in [3.8, 4) is 0 Å². The topological polar surface area (TPSA) is 385 Å². The molecule has 7 atom stereocenters. The number of carbonyl (C=O) groups is 9. The third-order valence-corrected chi connectivity index (χ3v) is 10.9. The number of primary amides is 3. The first-order valence-electron chi connectivity index (χ1n) is 22.3. The summed E-state index contributed by atoms with van der Waals surface area (Å²) in [6.45, 7) is 3.92. The molecule has 22 nitrogen and oxygen atoms in total. The van der Waals surface area contributed by atoms with E-state index in [0.29, 0.717) is 24.0 Å². The molecule has 0 spiro atoms. The number of nitrogens with zero attached hydrogens (tertiary/aromatic N) is 2. The summed E-state index contributed by atoms with van der Waals surface area (Å²) in [7, 11) is 0. The molecule has 1 fully saturated rings. The highest BCUT2D eigenvalue weighted by molar-refractivity contribution is 5.98. The summed E-state index contributed by atoms with van der Waals surface area (Å²) < 4.78 is 0. The van der Waals surface area contributed by atoms with Crippen molar-refractivity contribution in [3.63, 3.8) is 0 Å². The summed E-state index contributed by atoms with van der Waals surface area (Å²) in [5.74, 6) is -7.03.